The zero-order valence-electron chi connectivity index (χ0n) is 14.5. The summed E-state index contributed by atoms with van der Waals surface area (Å²) in [4.78, 5) is 13.1. The second-order valence-corrected chi connectivity index (χ2v) is 6.47. The van der Waals surface area contributed by atoms with Crippen molar-refractivity contribution in [2.75, 3.05) is 19.5 Å². The van der Waals surface area contributed by atoms with E-state index in [-0.39, 0.29) is 5.91 Å². The number of benzene rings is 2. The predicted octanol–water partition coefficient (Wildman–Crippen LogP) is 3.12. The molecule has 9 heteroatoms. The molecule has 0 spiro atoms. The number of fused-ring (bicyclic) bond motifs is 1. The topological polar surface area (TPSA) is 90.6 Å². The first-order chi connectivity index (χ1) is 13.2. The Kier molecular flexibility index (Phi) is 4.43. The minimum Gasteiger partial charge on any atom is -0.497 e. The van der Waals surface area contributed by atoms with Gasteiger partial charge in [-0.15, -0.1) is 15.3 Å². The average Bonchev–Trinajstić information content (AvgIpc) is 3.28. The molecule has 0 aliphatic carbocycles. The lowest BCUT2D eigenvalue weighted by Gasteiger charge is -2.06. The van der Waals surface area contributed by atoms with Crippen molar-refractivity contribution in [1.29, 1.82) is 0 Å². The van der Waals surface area contributed by atoms with Gasteiger partial charge in [0.2, 0.25) is 10.1 Å². The normalized spacial score (nSPS) is 10.7. The van der Waals surface area contributed by atoms with E-state index in [4.69, 9.17) is 9.47 Å². The lowest BCUT2D eigenvalue weighted by atomic mass is 10.2. The van der Waals surface area contributed by atoms with Gasteiger partial charge in [-0.3, -0.25) is 10.1 Å². The minimum atomic E-state index is -0.305. The molecule has 1 N–H and O–H groups in total. The molecule has 0 aliphatic heterocycles. The molecule has 0 radical (unpaired) electrons. The van der Waals surface area contributed by atoms with Crippen molar-refractivity contribution in [3.63, 3.8) is 0 Å². The summed E-state index contributed by atoms with van der Waals surface area (Å²) in [6, 6.07) is 14.5. The fourth-order valence-electron chi connectivity index (χ4n) is 2.61. The zero-order chi connectivity index (χ0) is 18.8. The van der Waals surface area contributed by atoms with Crippen LogP contribution in [0.5, 0.6) is 11.5 Å². The Morgan fingerprint density at radius 3 is 2.74 bits per heavy atom. The van der Waals surface area contributed by atoms with Gasteiger partial charge in [0, 0.05) is 5.56 Å². The van der Waals surface area contributed by atoms with Gasteiger partial charge < -0.3 is 9.47 Å². The highest BCUT2D eigenvalue weighted by molar-refractivity contribution is 7.20. The van der Waals surface area contributed by atoms with Gasteiger partial charge in [0.05, 0.1) is 19.8 Å². The first-order valence-corrected chi connectivity index (χ1v) is 8.82. The molecular weight excluding hydrogens is 366 g/mol. The molecule has 0 saturated carbocycles. The van der Waals surface area contributed by atoms with Crippen LogP contribution in [-0.4, -0.2) is 39.9 Å². The molecule has 1 amide bonds. The van der Waals surface area contributed by atoms with Crippen LogP contribution in [0.15, 0.2) is 48.5 Å². The number of anilines is 1. The van der Waals surface area contributed by atoms with E-state index in [1.165, 1.54) is 18.4 Å². The van der Waals surface area contributed by atoms with E-state index in [1.54, 1.807) is 35.9 Å². The van der Waals surface area contributed by atoms with E-state index in [1.807, 2.05) is 24.3 Å². The number of methoxy groups -OCH3 is 2. The smallest absolute Gasteiger partial charge is 0.261 e. The summed E-state index contributed by atoms with van der Waals surface area (Å²) in [5.74, 6) is 1.47. The lowest BCUT2D eigenvalue weighted by molar-refractivity contribution is 0.102. The van der Waals surface area contributed by atoms with Crippen molar-refractivity contribution in [1.82, 2.24) is 19.8 Å². The number of rotatable bonds is 5. The summed E-state index contributed by atoms with van der Waals surface area (Å²) < 4.78 is 12.1. The Bertz CT molecular complexity index is 1120. The highest BCUT2D eigenvalue weighted by Gasteiger charge is 2.17. The second kappa shape index (κ2) is 7.04. The fraction of sp³-hybridized carbons (Fsp3) is 0.111. The highest BCUT2D eigenvalue weighted by atomic mass is 32.1. The molecule has 27 heavy (non-hydrogen) atoms. The molecule has 0 unspecified atom stereocenters. The standard InChI is InChI=1S/C18H15N5O3S/c1-25-12-7-5-6-11(10-12)15-20-21-18-23(15)22-17(27-18)19-16(24)13-8-3-4-9-14(13)26-2/h3-10H,1-2H3,(H,19,22,24). The van der Waals surface area contributed by atoms with E-state index in [2.05, 4.69) is 20.6 Å². The van der Waals surface area contributed by atoms with Crippen LogP contribution in [0.4, 0.5) is 5.13 Å². The molecule has 0 saturated heterocycles. The molecule has 4 rings (SSSR count). The minimum absolute atomic E-state index is 0.305. The van der Waals surface area contributed by atoms with Crippen LogP contribution in [-0.2, 0) is 0 Å². The number of amides is 1. The number of carbonyl (C=O) groups excluding carboxylic acids is 1. The number of para-hydroxylation sites is 1. The Morgan fingerprint density at radius 2 is 1.93 bits per heavy atom. The van der Waals surface area contributed by atoms with Crippen molar-refractivity contribution in [2.45, 2.75) is 0 Å². The fourth-order valence-corrected chi connectivity index (χ4v) is 3.34. The summed E-state index contributed by atoms with van der Waals surface area (Å²) in [5.41, 5.74) is 1.24. The number of nitrogens with zero attached hydrogens (tertiary/aromatic N) is 4. The molecule has 2 aromatic carbocycles. The number of hydrogen-bond acceptors (Lipinski definition) is 7. The average molecular weight is 381 g/mol. The Hall–Kier alpha value is -3.46. The third-order valence-electron chi connectivity index (χ3n) is 3.89. The van der Waals surface area contributed by atoms with Crippen molar-refractivity contribution >= 4 is 27.3 Å². The third kappa shape index (κ3) is 3.20. The number of ether oxygens (including phenoxy) is 2. The van der Waals surface area contributed by atoms with Gasteiger partial charge in [0.15, 0.2) is 5.82 Å². The van der Waals surface area contributed by atoms with Crippen LogP contribution < -0.4 is 14.8 Å². The van der Waals surface area contributed by atoms with Crippen LogP contribution in [0.1, 0.15) is 10.4 Å². The molecule has 2 heterocycles. The van der Waals surface area contributed by atoms with Gasteiger partial charge in [-0.05, 0) is 24.3 Å². The molecule has 0 aliphatic rings. The lowest BCUT2D eigenvalue weighted by Crippen LogP contribution is -2.13. The van der Waals surface area contributed by atoms with E-state index in [9.17, 15) is 4.79 Å². The van der Waals surface area contributed by atoms with Gasteiger partial charge in [-0.1, -0.05) is 35.6 Å². The number of nitrogens with one attached hydrogen (secondary N) is 1. The van der Waals surface area contributed by atoms with Crippen LogP contribution in [0.25, 0.3) is 16.3 Å². The van der Waals surface area contributed by atoms with Gasteiger partial charge in [-0.2, -0.15) is 4.52 Å². The first-order valence-electron chi connectivity index (χ1n) is 8.00. The number of carbonyl (C=O) groups is 1. The van der Waals surface area contributed by atoms with Crippen molar-refractivity contribution in [3.05, 3.63) is 54.1 Å². The molecule has 0 atom stereocenters. The molecule has 0 bridgehead atoms. The highest BCUT2D eigenvalue weighted by Crippen LogP contribution is 2.27. The quantitative estimate of drug-likeness (QED) is 0.571. The maximum Gasteiger partial charge on any atom is 0.261 e. The van der Waals surface area contributed by atoms with E-state index >= 15 is 0 Å². The maximum absolute atomic E-state index is 12.5. The summed E-state index contributed by atoms with van der Waals surface area (Å²) in [6.45, 7) is 0. The summed E-state index contributed by atoms with van der Waals surface area (Å²) in [6.07, 6.45) is 0. The Balaban J connectivity index is 1.65. The van der Waals surface area contributed by atoms with Crippen LogP contribution in [0.2, 0.25) is 0 Å². The van der Waals surface area contributed by atoms with Crippen molar-refractivity contribution in [3.8, 4) is 22.9 Å². The zero-order valence-corrected chi connectivity index (χ0v) is 15.4. The SMILES string of the molecule is COc1cccc(-c2nnc3sc(NC(=O)c4ccccc4OC)nn23)c1. The Morgan fingerprint density at radius 1 is 1.07 bits per heavy atom. The largest absolute Gasteiger partial charge is 0.497 e. The van der Waals surface area contributed by atoms with Crippen LogP contribution in [0.3, 0.4) is 0 Å². The Labute approximate surface area is 158 Å². The molecule has 4 aromatic rings. The molecule has 8 nitrogen and oxygen atoms in total. The number of hydrogen-bond donors (Lipinski definition) is 1. The van der Waals surface area contributed by atoms with Crippen LogP contribution in [0, 0.1) is 0 Å². The van der Waals surface area contributed by atoms with Gasteiger partial charge in [0.25, 0.3) is 5.91 Å². The number of aromatic nitrogens is 4. The predicted molar refractivity (Wildman–Crippen MR) is 102 cm³/mol. The van der Waals surface area contributed by atoms with Crippen LogP contribution >= 0.6 is 11.3 Å². The molecule has 0 fully saturated rings. The van der Waals surface area contributed by atoms with E-state index in [0.29, 0.717) is 33.0 Å². The van der Waals surface area contributed by atoms with E-state index < -0.39 is 0 Å². The molecule has 2 aromatic heterocycles. The summed E-state index contributed by atoms with van der Waals surface area (Å²) >= 11 is 1.23. The molecule has 136 valence electrons. The monoisotopic (exact) mass is 381 g/mol. The van der Waals surface area contributed by atoms with E-state index in [0.717, 1.165) is 5.56 Å². The first kappa shape index (κ1) is 17.0. The van der Waals surface area contributed by atoms with Gasteiger partial charge >= 0.3 is 0 Å². The summed E-state index contributed by atoms with van der Waals surface area (Å²) in [5, 5.41) is 15.9. The maximum atomic E-state index is 12.5. The van der Waals surface area contributed by atoms with Crippen molar-refractivity contribution < 1.29 is 14.3 Å². The summed E-state index contributed by atoms with van der Waals surface area (Å²) in [7, 11) is 3.13. The van der Waals surface area contributed by atoms with Crippen molar-refractivity contribution in [2.24, 2.45) is 0 Å². The third-order valence-corrected chi connectivity index (χ3v) is 4.71. The molecular formula is C18H15N5O3S. The van der Waals surface area contributed by atoms with Gasteiger partial charge in [-0.25, -0.2) is 0 Å². The van der Waals surface area contributed by atoms with Gasteiger partial charge in [0.1, 0.15) is 11.5 Å². The second-order valence-electron chi connectivity index (χ2n) is 5.51.